The zero-order valence-electron chi connectivity index (χ0n) is 14.0. The van der Waals surface area contributed by atoms with Crippen LogP contribution in [0.4, 0.5) is 5.13 Å². The number of ether oxygens (including phenoxy) is 1. The summed E-state index contributed by atoms with van der Waals surface area (Å²) in [5.41, 5.74) is 3.09. The summed E-state index contributed by atoms with van der Waals surface area (Å²) >= 11 is 1.73. The Hall–Kier alpha value is -2.67. The number of rotatable bonds is 3. The highest BCUT2D eigenvalue weighted by Gasteiger charge is 2.33. The molecule has 1 aliphatic rings. The lowest BCUT2D eigenvalue weighted by molar-refractivity contribution is 0.419. The van der Waals surface area contributed by atoms with Crippen molar-refractivity contribution in [2.24, 2.45) is 0 Å². The molecule has 5 rings (SSSR count). The summed E-state index contributed by atoms with van der Waals surface area (Å²) in [7, 11) is 1.69. The van der Waals surface area contributed by atoms with Crippen LogP contribution in [0.3, 0.4) is 0 Å². The second-order valence-corrected chi connectivity index (χ2v) is 7.33. The van der Waals surface area contributed by atoms with Crippen LogP contribution in [0.25, 0.3) is 15.9 Å². The van der Waals surface area contributed by atoms with E-state index in [1.165, 1.54) is 10.3 Å². The van der Waals surface area contributed by atoms with Gasteiger partial charge < -0.3 is 9.64 Å². The molecule has 0 bridgehead atoms. The van der Waals surface area contributed by atoms with Crippen LogP contribution >= 0.6 is 11.3 Å². The molecule has 126 valence electrons. The van der Waals surface area contributed by atoms with Gasteiger partial charge in [0.2, 0.25) is 0 Å². The fraction of sp³-hybridized carbons (Fsp3) is 0.278. The van der Waals surface area contributed by atoms with Gasteiger partial charge in [-0.2, -0.15) is 0 Å². The van der Waals surface area contributed by atoms with Crippen LogP contribution in [0, 0.1) is 6.92 Å². The van der Waals surface area contributed by atoms with E-state index in [0.717, 1.165) is 41.0 Å². The van der Waals surface area contributed by atoms with E-state index in [4.69, 9.17) is 9.72 Å². The Morgan fingerprint density at radius 1 is 1.16 bits per heavy atom. The van der Waals surface area contributed by atoms with Crippen LogP contribution in [-0.4, -0.2) is 39.8 Å². The molecule has 0 N–H and O–H groups in total. The maximum absolute atomic E-state index is 5.46. The molecular formula is C18H17N5OS. The van der Waals surface area contributed by atoms with Gasteiger partial charge in [0, 0.05) is 19.3 Å². The lowest BCUT2D eigenvalue weighted by Crippen LogP contribution is -2.45. The molecule has 6 nitrogen and oxygen atoms in total. The first-order chi connectivity index (χ1) is 12.2. The number of benzene rings is 1. The van der Waals surface area contributed by atoms with E-state index < -0.39 is 0 Å². The molecule has 3 aromatic heterocycles. The predicted octanol–water partition coefficient (Wildman–Crippen LogP) is 3.26. The van der Waals surface area contributed by atoms with Crippen molar-refractivity contribution in [1.29, 1.82) is 0 Å². The number of methoxy groups -OCH3 is 1. The van der Waals surface area contributed by atoms with Gasteiger partial charge in [-0.3, -0.25) is 4.40 Å². The molecule has 0 radical (unpaired) electrons. The molecule has 1 aliphatic heterocycles. The molecule has 1 fully saturated rings. The molecule has 0 unspecified atom stereocenters. The third kappa shape index (κ3) is 2.19. The van der Waals surface area contributed by atoms with E-state index in [-0.39, 0.29) is 0 Å². The van der Waals surface area contributed by atoms with Crippen molar-refractivity contribution in [3.63, 3.8) is 0 Å². The van der Waals surface area contributed by atoms with Crippen LogP contribution in [0.1, 0.15) is 17.3 Å². The molecule has 25 heavy (non-hydrogen) atoms. The van der Waals surface area contributed by atoms with Crippen LogP contribution in [-0.2, 0) is 0 Å². The number of aryl methyl sites for hydroxylation is 1. The Labute approximate surface area is 148 Å². The van der Waals surface area contributed by atoms with Gasteiger partial charge in [0.15, 0.2) is 10.8 Å². The standard InChI is InChI=1S/C18H17N5OS/c1-11-6-7-13(24-2)15-16(11)25-18(19-15)22-9-12(10-22)17-21-20-14-5-3-4-8-23(14)17/h3-8,12H,9-10H2,1-2H3. The van der Waals surface area contributed by atoms with Crippen LogP contribution in [0.15, 0.2) is 36.5 Å². The van der Waals surface area contributed by atoms with E-state index in [0.29, 0.717) is 5.92 Å². The average Bonchev–Trinajstić information content (AvgIpc) is 3.20. The van der Waals surface area contributed by atoms with E-state index >= 15 is 0 Å². The predicted molar refractivity (Wildman–Crippen MR) is 98.9 cm³/mol. The Kier molecular flexibility index (Phi) is 3.18. The van der Waals surface area contributed by atoms with Crippen LogP contribution in [0.5, 0.6) is 5.75 Å². The van der Waals surface area contributed by atoms with Crippen molar-refractivity contribution in [2.45, 2.75) is 12.8 Å². The Bertz CT molecular complexity index is 1080. The van der Waals surface area contributed by atoms with E-state index in [9.17, 15) is 0 Å². The first-order valence-corrected chi connectivity index (χ1v) is 9.05. The Morgan fingerprint density at radius 2 is 2.04 bits per heavy atom. The number of fused-ring (bicyclic) bond motifs is 2. The molecule has 4 heterocycles. The third-order valence-electron chi connectivity index (χ3n) is 4.77. The number of hydrogen-bond acceptors (Lipinski definition) is 6. The van der Waals surface area contributed by atoms with Gasteiger partial charge in [-0.15, -0.1) is 10.2 Å². The molecule has 1 aromatic carbocycles. The minimum atomic E-state index is 0.382. The summed E-state index contributed by atoms with van der Waals surface area (Å²) in [6.45, 7) is 3.94. The monoisotopic (exact) mass is 351 g/mol. The second kappa shape index (κ2) is 5.42. The van der Waals surface area contributed by atoms with Crippen molar-refractivity contribution < 1.29 is 4.74 Å². The highest BCUT2D eigenvalue weighted by atomic mass is 32.1. The van der Waals surface area contributed by atoms with Crippen molar-refractivity contribution in [1.82, 2.24) is 19.6 Å². The van der Waals surface area contributed by atoms with Gasteiger partial charge in [-0.1, -0.05) is 23.5 Å². The first-order valence-electron chi connectivity index (χ1n) is 8.23. The SMILES string of the molecule is COc1ccc(C)c2sc(N3CC(c4nnc5ccccn45)C3)nc12. The minimum Gasteiger partial charge on any atom is -0.494 e. The lowest BCUT2D eigenvalue weighted by Gasteiger charge is -2.37. The molecule has 0 saturated carbocycles. The molecule has 4 aromatic rings. The molecule has 1 saturated heterocycles. The number of aromatic nitrogens is 4. The molecule has 0 aliphatic carbocycles. The zero-order valence-corrected chi connectivity index (χ0v) is 14.8. The van der Waals surface area contributed by atoms with E-state index in [1.807, 2.05) is 30.5 Å². The van der Waals surface area contributed by atoms with Gasteiger partial charge in [0.05, 0.1) is 17.7 Å². The van der Waals surface area contributed by atoms with Crippen LogP contribution < -0.4 is 9.64 Å². The second-order valence-electron chi connectivity index (χ2n) is 6.35. The summed E-state index contributed by atoms with van der Waals surface area (Å²) in [4.78, 5) is 7.12. The summed E-state index contributed by atoms with van der Waals surface area (Å²) < 4.78 is 8.74. The van der Waals surface area contributed by atoms with Crippen molar-refractivity contribution in [3.8, 4) is 5.75 Å². The average molecular weight is 351 g/mol. The lowest BCUT2D eigenvalue weighted by atomic mass is 10.0. The fourth-order valence-corrected chi connectivity index (χ4v) is 4.40. The molecule has 7 heteroatoms. The third-order valence-corrected chi connectivity index (χ3v) is 6.02. The van der Waals surface area contributed by atoms with Crippen LogP contribution in [0.2, 0.25) is 0 Å². The quantitative estimate of drug-likeness (QED) is 0.567. The topological polar surface area (TPSA) is 55.5 Å². The highest BCUT2D eigenvalue weighted by molar-refractivity contribution is 7.22. The number of thiazole rings is 1. The summed E-state index contributed by atoms with van der Waals surface area (Å²) in [5.74, 6) is 2.25. The molecule has 0 amide bonds. The smallest absolute Gasteiger partial charge is 0.186 e. The fourth-order valence-electron chi connectivity index (χ4n) is 3.33. The minimum absolute atomic E-state index is 0.382. The number of hydrogen-bond donors (Lipinski definition) is 0. The van der Waals surface area contributed by atoms with E-state index in [1.54, 1.807) is 18.4 Å². The van der Waals surface area contributed by atoms with Gasteiger partial charge in [0.25, 0.3) is 0 Å². The largest absolute Gasteiger partial charge is 0.494 e. The number of nitrogens with zero attached hydrogens (tertiary/aromatic N) is 5. The maximum atomic E-state index is 5.46. The van der Waals surface area contributed by atoms with Crippen molar-refractivity contribution >= 4 is 32.3 Å². The number of anilines is 1. The van der Waals surface area contributed by atoms with E-state index in [2.05, 4.69) is 32.5 Å². The van der Waals surface area contributed by atoms with Crippen molar-refractivity contribution in [2.75, 3.05) is 25.1 Å². The summed E-state index contributed by atoms with van der Waals surface area (Å²) in [6.07, 6.45) is 2.03. The summed E-state index contributed by atoms with van der Waals surface area (Å²) in [5, 5.41) is 9.68. The first kappa shape index (κ1) is 14.7. The number of pyridine rings is 1. The summed E-state index contributed by atoms with van der Waals surface area (Å²) in [6, 6.07) is 10.1. The van der Waals surface area contributed by atoms with Gasteiger partial charge in [-0.05, 0) is 30.7 Å². The highest BCUT2D eigenvalue weighted by Crippen LogP contribution is 2.39. The molecular weight excluding hydrogens is 334 g/mol. The van der Waals surface area contributed by atoms with Gasteiger partial charge in [0.1, 0.15) is 17.1 Å². The Balaban J connectivity index is 1.43. The Morgan fingerprint density at radius 3 is 2.88 bits per heavy atom. The zero-order chi connectivity index (χ0) is 17.0. The normalized spacial score (nSPS) is 15.0. The van der Waals surface area contributed by atoms with Gasteiger partial charge in [-0.25, -0.2) is 4.98 Å². The maximum Gasteiger partial charge on any atom is 0.186 e. The molecule has 0 atom stereocenters. The van der Waals surface area contributed by atoms with Gasteiger partial charge >= 0.3 is 0 Å². The molecule has 0 spiro atoms. The van der Waals surface area contributed by atoms with Crippen molar-refractivity contribution in [3.05, 3.63) is 47.9 Å².